The van der Waals surface area contributed by atoms with E-state index >= 15 is 0 Å². The van der Waals surface area contributed by atoms with Crippen molar-refractivity contribution in [3.05, 3.63) is 36.0 Å². The molecule has 5 nitrogen and oxygen atoms in total. The van der Waals surface area contributed by atoms with Gasteiger partial charge in [0.25, 0.3) is 0 Å². The van der Waals surface area contributed by atoms with E-state index in [0.29, 0.717) is 49.7 Å². The Labute approximate surface area is 195 Å². The van der Waals surface area contributed by atoms with Crippen LogP contribution in [0.15, 0.2) is 36.0 Å². The Hall–Kier alpha value is -1.43. The maximum Gasteiger partial charge on any atom is 0.223 e. The quantitative estimate of drug-likeness (QED) is 0.283. The van der Waals surface area contributed by atoms with Gasteiger partial charge in [0.15, 0.2) is 0 Å². The average Bonchev–Trinajstić information content (AvgIpc) is 3.47. The second kappa shape index (κ2) is 12.7. The highest BCUT2D eigenvalue weighted by Crippen LogP contribution is 2.36. The van der Waals surface area contributed by atoms with E-state index in [2.05, 4.69) is 44.3 Å². The van der Waals surface area contributed by atoms with Crippen molar-refractivity contribution in [3.8, 4) is 0 Å². The number of aliphatic hydroxyl groups excluding tert-OH is 1. The van der Waals surface area contributed by atoms with Gasteiger partial charge in [-0.1, -0.05) is 63.1 Å². The minimum absolute atomic E-state index is 0.0649. The third-order valence-electron chi connectivity index (χ3n) is 6.75. The Morgan fingerprint density at radius 1 is 1.38 bits per heavy atom. The minimum Gasteiger partial charge on any atom is -0.393 e. The number of aliphatic hydroxyl groups is 2. The van der Waals surface area contributed by atoms with E-state index in [0.717, 1.165) is 12.0 Å². The average molecular weight is 448 g/mol. The molecule has 182 valence electrons. The van der Waals surface area contributed by atoms with Gasteiger partial charge >= 0.3 is 0 Å². The number of carbonyl (C=O) groups is 1. The van der Waals surface area contributed by atoms with Crippen molar-refractivity contribution in [2.75, 3.05) is 0 Å². The van der Waals surface area contributed by atoms with Gasteiger partial charge in [-0.25, -0.2) is 0 Å². The van der Waals surface area contributed by atoms with Crippen LogP contribution in [0.2, 0.25) is 0 Å². The first-order valence-electron chi connectivity index (χ1n) is 12.5. The van der Waals surface area contributed by atoms with Crippen LogP contribution in [0.25, 0.3) is 0 Å². The van der Waals surface area contributed by atoms with Crippen molar-refractivity contribution < 1.29 is 19.7 Å². The SMILES string of the molecule is CCC[C@@H](C)C1OC1CC(C)/C=C/C=C(\C)[C@@H]1C/C=C/C[C@](C)(O)CCC(O)CC(=O)N1. The molecule has 2 aliphatic rings. The lowest BCUT2D eigenvalue weighted by Gasteiger charge is -2.25. The summed E-state index contributed by atoms with van der Waals surface area (Å²) in [6.07, 6.45) is 16.1. The molecule has 0 saturated carbocycles. The molecule has 1 saturated heterocycles. The Bertz CT molecular complexity index is 681. The minimum atomic E-state index is -0.856. The highest BCUT2D eigenvalue weighted by molar-refractivity contribution is 5.77. The van der Waals surface area contributed by atoms with E-state index in [1.54, 1.807) is 6.92 Å². The predicted molar refractivity (Wildman–Crippen MR) is 130 cm³/mol. The molecular formula is C27H45NO4. The van der Waals surface area contributed by atoms with Gasteiger partial charge in [0, 0.05) is 0 Å². The van der Waals surface area contributed by atoms with Crippen LogP contribution in [0.5, 0.6) is 0 Å². The summed E-state index contributed by atoms with van der Waals surface area (Å²) < 4.78 is 5.88. The number of allylic oxidation sites excluding steroid dienone is 3. The van der Waals surface area contributed by atoms with Gasteiger partial charge in [0.1, 0.15) is 0 Å². The molecule has 1 amide bonds. The fraction of sp³-hybridized carbons (Fsp3) is 0.741. The summed E-state index contributed by atoms with van der Waals surface area (Å²) in [6.45, 7) is 10.5. The summed E-state index contributed by atoms with van der Waals surface area (Å²) in [6, 6.07) is -0.124. The number of carbonyl (C=O) groups excluding carboxylic acids is 1. The van der Waals surface area contributed by atoms with Crippen LogP contribution in [0.3, 0.4) is 0 Å². The maximum atomic E-state index is 12.4. The van der Waals surface area contributed by atoms with Crippen molar-refractivity contribution >= 4 is 5.91 Å². The number of amides is 1. The Kier molecular flexibility index (Phi) is 10.7. The number of ether oxygens (including phenoxy) is 1. The number of hydrogen-bond donors (Lipinski definition) is 3. The van der Waals surface area contributed by atoms with Crippen LogP contribution in [0.4, 0.5) is 0 Å². The van der Waals surface area contributed by atoms with E-state index in [9.17, 15) is 15.0 Å². The number of nitrogens with one attached hydrogen (secondary N) is 1. The molecule has 0 radical (unpaired) electrons. The Morgan fingerprint density at radius 3 is 2.84 bits per heavy atom. The fourth-order valence-corrected chi connectivity index (χ4v) is 4.50. The first kappa shape index (κ1) is 26.8. The van der Waals surface area contributed by atoms with Crippen LogP contribution < -0.4 is 5.32 Å². The predicted octanol–water partition coefficient (Wildman–Crippen LogP) is 4.84. The van der Waals surface area contributed by atoms with E-state index in [1.165, 1.54) is 12.8 Å². The molecule has 0 aromatic rings. The van der Waals surface area contributed by atoms with Crippen molar-refractivity contribution in [1.82, 2.24) is 5.32 Å². The maximum absolute atomic E-state index is 12.4. The van der Waals surface area contributed by atoms with Crippen molar-refractivity contribution in [3.63, 3.8) is 0 Å². The van der Waals surface area contributed by atoms with E-state index in [4.69, 9.17) is 4.74 Å². The molecule has 2 rings (SSSR count). The lowest BCUT2D eigenvalue weighted by molar-refractivity contribution is -0.123. The molecule has 0 aliphatic carbocycles. The van der Waals surface area contributed by atoms with E-state index < -0.39 is 11.7 Å². The van der Waals surface area contributed by atoms with Gasteiger partial charge in [-0.05, 0) is 64.2 Å². The first-order valence-corrected chi connectivity index (χ1v) is 12.5. The molecule has 2 heterocycles. The lowest BCUT2D eigenvalue weighted by Crippen LogP contribution is -2.38. The summed E-state index contributed by atoms with van der Waals surface area (Å²) in [7, 11) is 0. The smallest absolute Gasteiger partial charge is 0.223 e. The summed E-state index contributed by atoms with van der Waals surface area (Å²) in [4.78, 5) is 12.4. The summed E-state index contributed by atoms with van der Waals surface area (Å²) in [5.41, 5.74) is 0.215. The zero-order chi connectivity index (χ0) is 23.7. The van der Waals surface area contributed by atoms with E-state index in [1.807, 2.05) is 19.1 Å². The molecule has 1 fully saturated rings. The van der Waals surface area contributed by atoms with Crippen LogP contribution in [-0.4, -0.2) is 46.1 Å². The molecule has 0 bridgehead atoms. The van der Waals surface area contributed by atoms with Crippen LogP contribution in [-0.2, 0) is 9.53 Å². The Morgan fingerprint density at radius 2 is 2.12 bits per heavy atom. The molecule has 0 aromatic carbocycles. The zero-order valence-electron chi connectivity index (χ0n) is 20.7. The highest BCUT2D eigenvalue weighted by Gasteiger charge is 2.42. The fourth-order valence-electron chi connectivity index (χ4n) is 4.50. The molecule has 7 atom stereocenters. The van der Waals surface area contributed by atoms with Crippen LogP contribution in [0, 0.1) is 11.8 Å². The summed E-state index contributed by atoms with van der Waals surface area (Å²) in [5, 5.41) is 23.7. The molecule has 32 heavy (non-hydrogen) atoms. The molecule has 0 spiro atoms. The van der Waals surface area contributed by atoms with Gasteiger partial charge in [0.2, 0.25) is 5.91 Å². The normalized spacial score (nSPS) is 35.5. The van der Waals surface area contributed by atoms with Crippen LogP contribution >= 0.6 is 0 Å². The third-order valence-corrected chi connectivity index (χ3v) is 6.75. The standard InChI is InChI=1S/C27H45NO4/c1-6-10-21(4)26-24(32-26)17-19(2)11-9-12-20(3)23-13-7-8-15-27(5,31)16-14-22(29)18-25(30)28-23/h7-9,11-12,19,21-24,26,29,31H,6,10,13-18H2,1-5H3,(H,28,30)/b8-7+,11-9+,20-12+/t19?,21-,22?,23+,24?,26?,27+/m1/s1. The van der Waals surface area contributed by atoms with Crippen LogP contribution in [0.1, 0.15) is 86.0 Å². The van der Waals surface area contributed by atoms with Gasteiger partial charge in [-0.3, -0.25) is 4.79 Å². The molecule has 5 heteroatoms. The number of rotatable bonds is 8. The molecule has 3 N–H and O–H groups in total. The van der Waals surface area contributed by atoms with Crippen molar-refractivity contribution in [2.24, 2.45) is 11.8 Å². The van der Waals surface area contributed by atoms with Gasteiger partial charge < -0.3 is 20.3 Å². The Balaban J connectivity index is 1.92. The molecule has 2 aliphatic heterocycles. The number of epoxide rings is 1. The summed E-state index contributed by atoms with van der Waals surface area (Å²) >= 11 is 0. The first-order chi connectivity index (χ1) is 15.1. The van der Waals surface area contributed by atoms with Crippen molar-refractivity contribution in [1.29, 1.82) is 0 Å². The zero-order valence-corrected chi connectivity index (χ0v) is 20.7. The molecular weight excluding hydrogens is 402 g/mol. The number of hydrogen-bond acceptors (Lipinski definition) is 4. The molecule has 0 aromatic heterocycles. The third kappa shape index (κ3) is 9.60. The van der Waals surface area contributed by atoms with Gasteiger partial charge in [0.05, 0.1) is 36.4 Å². The van der Waals surface area contributed by atoms with E-state index in [-0.39, 0.29) is 18.4 Å². The summed E-state index contributed by atoms with van der Waals surface area (Å²) in [5.74, 6) is 0.925. The lowest BCUT2D eigenvalue weighted by atomic mass is 9.92. The van der Waals surface area contributed by atoms with Crippen molar-refractivity contribution in [2.45, 2.75) is 116 Å². The largest absolute Gasteiger partial charge is 0.393 e. The van der Waals surface area contributed by atoms with Gasteiger partial charge in [-0.15, -0.1) is 0 Å². The second-order valence-electron chi connectivity index (χ2n) is 10.3. The monoisotopic (exact) mass is 447 g/mol. The molecule has 4 unspecified atom stereocenters. The topological polar surface area (TPSA) is 82.1 Å². The highest BCUT2D eigenvalue weighted by atomic mass is 16.6. The van der Waals surface area contributed by atoms with Gasteiger partial charge in [-0.2, -0.15) is 0 Å². The second-order valence-corrected chi connectivity index (χ2v) is 10.3.